The van der Waals surface area contributed by atoms with E-state index in [1.54, 1.807) is 25.1 Å². The molecule has 0 aliphatic rings. The van der Waals surface area contributed by atoms with Gasteiger partial charge in [0.1, 0.15) is 12.6 Å². The zero-order valence-electron chi connectivity index (χ0n) is 23.9. The number of benzene rings is 4. The summed E-state index contributed by atoms with van der Waals surface area (Å²) >= 11 is 12.8. The molecular weight excluding hydrogens is 605 g/mol. The van der Waals surface area contributed by atoms with Gasteiger partial charge < -0.3 is 10.2 Å². The van der Waals surface area contributed by atoms with Crippen molar-refractivity contribution in [2.24, 2.45) is 0 Å². The molecule has 4 aromatic rings. The van der Waals surface area contributed by atoms with Crippen LogP contribution in [0.2, 0.25) is 10.0 Å². The number of nitrogens with zero attached hydrogens (tertiary/aromatic N) is 2. The quantitative estimate of drug-likeness (QED) is 0.198. The summed E-state index contributed by atoms with van der Waals surface area (Å²) in [6.45, 7) is 3.48. The fourth-order valence-corrected chi connectivity index (χ4v) is 6.51. The molecule has 1 unspecified atom stereocenters. The van der Waals surface area contributed by atoms with Crippen LogP contribution in [0.15, 0.2) is 108 Å². The van der Waals surface area contributed by atoms with Gasteiger partial charge in [0.25, 0.3) is 10.0 Å². The second kappa shape index (κ2) is 14.6. The topological polar surface area (TPSA) is 86.8 Å². The maximum absolute atomic E-state index is 14.4. The van der Waals surface area contributed by atoms with Crippen LogP contribution in [0.25, 0.3) is 0 Å². The van der Waals surface area contributed by atoms with Gasteiger partial charge in [0, 0.05) is 24.5 Å². The lowest BCUT2D eigenvalue weighted by Gasteiger charge is -2.34. The predicted molar refractivity (Wildman–Crippen MR) is 172 cm³/mol. The summed E-state index contributed by atoms with van der Waals surface area (Å²) in [4.78, 5) is 29.3. The standard InChI is InChI=1S/C33H33Cl2N3O4S/c1-3-36-33(40)31(20-25-10-6-4-7-11-25)37(22-26-12-8-5-9-13-26)32(39)23-38(30-21-27(34)16-19-29(30)35)43(41,42)28-17-14-24(2)15-18-28/h4-19,21,31H,3,20,22-23H2,1-2H3,(H,36,40). The second-order valence-electron chi connectivity index (χ2n) is 10.0. The Morgan fingerprint density at radius 3 is 2.05 bits per heavy atom. The van der Waals surface area contributed by atoms with Crippen molar-refractivity contribution in [1.29, 1.82) is 0 Å². The Bertz CT molecular complexity index is 1650. The molecule has 7 nitrogen and oxygen atoms in total. The van der Waals surface area contributed by atoms with Crippen LogP contribution in [0.1, 0.15) is 23.6 Å². The molecule has 43 heavy (non-hydrogen) atoms. The average Bonchev–Trinajstić information content (AvgIpc) is 3.00. The van der Waals surface area contributed by atoms with E-state index < -0.39 is 28.5 Å². The number of sulfonamides is 1. The van der Waals surface area contributed by atoms with Gasteiger partial charge in [-0.15, -0.1) is 0 Å². The summed E-state index contributed by atoms with van der Waals surface area (Å²) in [5.41, 5.74) is 2.57. The van der Waals surface area contributed by atoms with Crippen LogP contribution in [0, 0.1) is 6.92 Å². The van der Waals surface area contributed by atoms with Crippen molar-refractivity contribution in [2.75, 3.05) is 17.4 Å². The summed E-state index contributed by atoms with van der Waals surface area (Å²) in [6, 6.07) is 28.5. The van der Waals surface area contributed by atoms with Gasteiger partial charge in [0.2, 0.25) is 11.8 Å². The highest BCUT2D eigenvalue weighted by molar-refractivity contribution is 7.92. The molecule has 2 amide bonds. The van der Waals surface area contributed by atoms with Crippen LogP contribution in [0.5, 0.6) is 0 Å². The van der Waals surface area contributed by atoms with Gasteiger partial charge in [0.05, 0.1) is 15.6 Å². The van der Waals surface area contributed by atoms with E-state index in [-0.39, 0.29) is 39.5 Å². The Labute approximate surface area is 263 Å². The molecule has 0 saturated heterocycles. The maximum atomic E-state index is 14.4. The van der Waals surface area contributed by atoms with Crippen LogP contribution in [-0.4, -0.2) is 44.3 Å². The van der Waals surface area contributed by atoms with E-state index in [0.29, 0.717) is 6.54 Å². The van der Waals surface area contributed by atoms with Crippen LogP contribution < -0.4 is 9.62 Å². The summed E-state index contributed by atoms with van der Waals surface area (Å²) < 4.78 is 29.2. The Balaban J connectivity index is 1.81. The molecule has 1 atom stereocenters. The molecule has 224 valence electrons. The molecule has 1 N–H and O–H groups in total. The third-order valence-corrected chi connectivity index (χ3v) is 9.21. The Hall–Kier alpha value is -3.85. The number of anilines is 1. The van der Waals surface area contributed by atoms with E-state index in [1.807, 2.05) is 67.6 Å². The molecular formula is C33H33Cl2N3O4S. The van der Waals surface area contributed by atoms with Crippen LogP contribution in [0.3, 0.4) is 0 Å². The van der Waals surface area contributed by atoms with Crippen LogP contribution in [-0.2, 0) is 32.6 Å². The Morgan fingerprint density at radius 2 is 1.44 bits per heavy atom. The minimum Gasteiger partial charge on any atom is -0.355 e. The molecule has 0 aliphatic heterocycles. The van der Waals surface area contributed by atoms with Crippen molar-refractivity contribution in [2.45, 2.75) is 37.8 Å². The summed E-state index contributed by atoms with van der Waals surface area (Å²) in [5.74, 6) is -0.924. The highest BCUT2D eigenvalue weighted by Gasteiger charge is 2.35. The number of aryl methyl sites for hydroxylation is 1. The van der Waals surface area contributed by atoms with Crippen molar-refractivity contribution >= 4 is 50.7 Å². The van der Waals surface area contributed by atoms with Crippen molar-refractivity contribution in [1.82, 2.24) is 10.2 Å². The molecule has 0 bridgehead atoms. The van der Waals surface area contributed by atoms with E-state index >= 15 is 0 Å². The SMILES string of the molecule is CCNC(=O)C(Cc1ccccc1)N(Cc1ccccc1)C(=O)CN(c1cc(Cl)ccc1Cl)S(=O)(=O)c1ccc(C)cc1. The monoisotopic (exact) mass is 637 g/mol. The number of rotatable bonds is 12. The third-order valence-electron chi connectivity index (χ3n) is 6.88. The third kappa shape index (κ3) is 8.16. The summed E-state index contributed by atoms with van der Waals surface area (Å²) in [5, 5.41) is 3.20. The molecule has 0 fully saturated rings. The number of hydrogen-bond acceptors (Lipinski definition) is 4. The lowest BCUT2D eigenvalue weighted by molar-refractivity contribution is -0.140. The smallest absolute Gasteiger partial charge is 0.264 e. The number of likely N-dealkylation sites (N-methyl/N-ethyl adjacent to an activating group) is 1. The van der Waals surface area contributed by atoms with Gasteiger partial charge in [-0.05, 0) is 55.3 Å². The number of carbonyl (C=O) groups excluding carboxylic acids is 2. The average molecular weight is 639 g/mol. The molecule has 0 heterocycles. The lowest BCUT2D eigenvalue weighted by Crippen LogP contribution is -2.53. The van der Waals surface area contributed by atoms with Gasteiger partial charge in [-0.1, -0.05) is 102 Å². The predicted octanol–water partition coefficient (Wildman–Crippen LogP) is 6.27. The molecule has 0 spiro atoms. The first-order valence-electron chi connectivity index (χ1n) is 13.8. The molecule has 10 heteroatoms. The van der Waals surface area contributed by atoms with Crippen molar-refractivity contribution in [3.05, 3.63) is 130 Å². The second-order valence-corrected chi connectivity index (χ2v) is 12.7. The minimum atomic E-state index is -4.28. The Morgan fingerprint density at radius 1 is 0.837 bits per heavy atom. The first-order chi connectivity index (χ1) is 20.6. The maximum Gasteiger partial charge on any atom is 0.264 e. The van der Waals surface area contributed by atoms with Crippen molar-refractivity contribution < 1.29 is 18.0 Å². The van der Waals surface area contributed by atoms with E-state index in [4.69, 9.17) is 23.2 Å². The van der Waals surface area contributed by atoms with Gasteiger partial charge in [-0.25, -0.2) is 8.42 Å². The molecule has 0 saturated carbocycles. The number of hydrogen-bond donors (Lipinski definition) is 1. The molecule has 4 aromatic carbocycles. The molecule has 0 aliphatic carbocycles. The molecule has 0 radical (unpaired) electrons. The van der Waals surface area contributed by atoms with Gasteiger partial charge in [-0.2, -0.15) is 0 Å². The number of nitrogens with one attached hydrogen (secondary N) is 1. The highest BCUT2D eigenvalue weighted by Crippen LogP contribution is 2.33. The molecule has 4 rings (SSSR count). The minimum absolute atomic E-state index is 0.0129. The van der Waals surface area contributed by atoms with Crippen LogP contribution >= 0.6 is 23.2 Å². The summed E-state index contributed by atoms with van der Waals surface area (Å²) in [6.07, 6.45) is 0.230. The van der Waals surface area contributed by atoms with Crippen LogP contribution in [0.4, 0.5) is 5.69 Å². The number of halogens is 2. The molecule has 0 aromatic heterocycles. The zero-order chi connectivity index (χ0) is 31.0. The van der Waals surface area contributed by atoms with E-state index in [9.17, 15) is 18.0 Å². The number of carbonyl (C=O) groups is 2. The van der Waals surface area contributed by atoms with Crippen molar-refractivity contribution in [3.63, 3.8) is 0 Å². The van der Waals surface area contributed by atoms with E-state index in [0.717, 1.165) is 21.0 Å². The summed E-state index contributed by atoms with van der Waals surface area (Å²) in [7, 11) is -4.28. The lowest BCUT2D eigenvalue weighted by atomic mass is 10.0. The fraction of sp³-hybridized carbons (Fsp3) is 0.212. The van der Waals surface area contributed by atoms with Gasteiger partial charge in [-0.3, -0.25) is 13.9 Å². The zero-order valence-corrected chi connectivity index (χ0v) is 26.2. The highest BCUT2D eigenvalue weighted by atomic mass is 35.5. The fourth-order valence-electron chi connectivity index (χ4n) is 4.65. The Kier molecular flexibility index (Phi) is 10.9. The first kappa shape index (κ1) is 32.1. The largest absolute Gasteiger partial charge is 0.355 e. The van der Waals surface area contributed by atoms with Crippen molar-refractivity contribution in [3.8, 4) is 0 Å². The van der Waals surface area contributed by atoms with Gasteiger partial charge >= 0.3 is 0 Å². The number of amides is 2. The van der Waals surface area contributed by atoms with Gasteiger partial charge in [0.15, 0.2) is 0 Å². The van der Waals surface area contributed by atoms with E-state index in [1.165, 1.54) is 29.2 Å². The van der Waals surface area contributed by atoms with E-state index in [2.05, 4.69) is 5.32 Å². The first-order valence-corrected chi connectivity index (χ1v) is 16.0. The normalized spacial score (nSPS) is 11.9.